The van der Waals surface area contributed by atoms with Gasteiger partial charge in [-0.1, -0.05) is 0 Å². The number of nitro groups is 1. The fourth-order valence-corrected chi connectivity index (χ4v) is 1.87. The number of anilines is 1. The molecule has 2 rings (SSSR count). The van der Waals surface area contributed by atoms with Crippen molar-refractivity contribution in [3.8, 4) is 0 Å². The fourth-order valence-electron chi connectivity index (χ4n) is 1.87. The zero-order valence-corrected chi connectivity index (χ0v) is 11.1. The van der Waals surface area contributed by atoms with Gasteiger partial charge in [-0.25, -0.2) is 0 Å². The Kier molecular flexibility index (Phi) is 3.84. The van der Waals surface area contributed by atoms with Crippen molar-refractivity contribution < 1.29 is 14.1 Å². The number of carbonyl (C=O) groups is 1. The summed E-state index contributed by atoms with van der Waals surface area (Å²) in [6, 6.07) is 7.70. The van der Waals surface area contributed by atoms with Gasteiger partial charge in [0.15, 0.2) is 5.78 Å². The number of Topliss-reactive ketones (excluding diaryl/α,β-unsaturated/α-hetero) is 1. The van der Waals surface area contributed by atoms with E-state index in [9.17, 15) is 14.9 Å². The molecule has 0 fully saturated rings. The lowest BCUT2D eigenvalue weighted by atomic mass is 10.1. The molecule has 0 bridgehead atoms. The van der Waals surface area contributed by atoms with E-state index in [4.69, 9.17) is 4.42 Å². The molecule has 0 radical (unpaired) electrons. The molecule has 1 N–H and O–H groups in total. The van der Waals surface area contributed by atoms with E-state index in [-0.39, 0.29) is 17.5 Å². The Labute approximate surface area is 115 Å². The van der Waals surface area contributed by atoms with E-state index < -0.39 is 4.92 Å². The van der Waals surface area contributed by atoms with Gasteiger partial charge in [0.25, 0.3) is 5.69 Å². The molecular formula is C14H14N2O4. The predicted octanol–water partition coefficient (Wildman–Crippen LogP) is 3.56. The van der Waals surface area contributed by atoms with Crippen LogP contribution in [-0.2, 0) is 0 Å². The van der Waals surface area contributed by atoms with E-state index >= 15 is 0 Å². The normalized spacial score (nSPS) is 11.9. The maximum Gasteiger partial charge on any atom is 0.293 e. The molecule has 1 aromatic heterocycles. The first kappa shape index (κ1) is 13.8. The molecule has 1 atom stereocenters. The molecule has 0 saturated carbocycles. The van der Waals surface area contributed by atoms with Crippen molar-refractivity contribution in [3.05, 3.63) is 58.0 Å². The first-order chi connectivity index (χ1) is 9.49. The lowest BCUT2D eigenvalue weighted by Crippen LogP contribution is -2.08. The minimum Gasteiger partial charge on any atom is -0.467 e. The van der Waals surface area contributed by atoms with E-state index in [0.29, 0.717) is 17.0 Å². The Hall–Kier alpha value is -2.63. The van der Waals surface area contributed by atoms with Gasteiger partial charge >= 0.3 is 0 Å². The van der Waals surface area contributed by atoms with Crippen LogP contribution in [0.25, 0.3) is 0 Å². The molecule has 1 aromatic carbocycles. The smallest absolute Gasteiger partial charge is 0.293 e. The highest BCUT2D eigenvalue weighted by Gasteiger charge is 2.18. The van der Waals surface area contributed by atoms with Gasteiger partial charge < -0.3 is 9.73 Å². The molecule has 0 aliphatic rings. The van der Waals surface area contributed by atoms with Crippen LogP contribution in [0.2, 0.25) is 0 Å². The maximum atomic E-state index is 11.3. The second-order valence-electron chi connectivity index (χ2n) is 4.43. The average molecular weight is 274 g/mol. The Morgan fingerprint density at radius 3 is 2.70 bits per heavy atom. The van der Waals surface area contributed by atoms with Crippen molar-refractivity contribution in [1.29, 1.82) is 0 Å². The SMILES string of the molecule is CC(=O)c1ccc(N[C@@H](C)c2ccco2)c([N+](=O)[O-])c1. The largest absolute Gasteiger partial charge is 0.467 e. The Morgan fingerprint density at radius 2 is 2.15 bits per heavy atom. The van der Waals surface area contributed by atoms with E-state index in [1.54, 1.807) is 24.5 Å². The highest BCUT2D eigenvalue weighted by atomic mass is 16.6. The summed E-state index contributed by atoms with van der Waals surface area (Å²) in [5.41, 5.74) is 0.535. The second-order valence-corrected chi connectivity index (χ2v) is 4.43. The minimum absolute atomic E-state index is 0.129. The number of nitrogens with zero attached hydrogens (tertiary/aromatic N) is 1. The van der Waals surface area contributed by atoms with Gasteiger partial charge in [-0.3, -0.25) is 14.9 Å². The molecule has 20 heavy (non-hydrogen) atoms. The number of carbonyl (C=O) groups excluding carboxylic acids is 1. The van der Waals surface area contributed by atoms with Crippen LogP contribution in [0.4, 0.5) is 11.4 Å². The molecule has 0 unspecified atom stereocenters. The van der Waals surface area contributed by atoms with Crippen LogP contribution in [0.1, 0.15) is 36.0 Å². The number of nitrogens with one attached hydrogen (secondary N) is 1. The summed E-state index contributed by atoms with van der Waals surface area (Å²) in [4.78, 5) is 21.9. The molecule has 0 saturated heterocycles. The number of benzene rings is 1. The molecule has 2 aromatic rings. The van der Waals surface area contributed by atoms with Crippen molar-refractivity contribution in [2.24, 2.45) is 0 Å². The summed E-state index contributed by atoms with van der Waals surface area (Å²) in [5, 5.41) is 14.1. The lowest BCUT2D eigenvalue weighted by Gasteiger charge is -2.13. The number of hydrogen-bond donors (Lipinski definition) is 1. The molecule has 0 aliphatic heterocycles. The molecule has 0 aliphatic carbocycles. The Bertz CT molecular complexity index is 635. The first-order valence-electron chi connectivity index (χ1n) is 6.08. The van der Waals surface area contributed by atoms with Crippen LogP contribution in [-0.4, -0.2) is 10.7 Å². The highest BCUT2D eigenvalue weighted by molar-refractivity contribution is 5.95. The monoisotopic (exact) mass is 274 g/mol. The number of furan rings is 1. The molecule has 0 amide bonds. The van der Waals surface area contributed by atoms with Crippen molar-refractivity contribution >= 4 is 17.2 Å². The van der Waals surface area contributed by atoms with Crippen LogP contribution in [0, 0.1) is 10.1 Å². The molecular weight excluding hydrogens is 260 g/mol. The van der Waals surface area contributed by atoms with Gasteiger partial charge in [0.2, 0.25) is 0 Å². The lowest BCUT2D eigenvalue weighted by molar-refractivity contribution is -0.384. The van der Waals surface area contributed by atoms with Crippen LogP contribution >= 0.6 is 0 Å². The van der Waals surface area contributed by atoms with Crippen molar-refractivity contribution in [3.63, 3.8) is 0 Å². The Balaban J connectivity index is 2.31. The zero-order chi connectivity index (χ0) is 14.7. The van der Waals surface area contributed by atoms with Crippen LogP contribution in [0.3, 0.4) is 0 Å². The van der Waals surface area contributed by atoms with Gasteiger partial charge in [-0.05, 0) is 38.1 Å². The van der Waals surface area contributed by atoms with Crippen molar-refractivity contribution in [2.45, 2.75) is 19.9 Å². The summed E-state index contributed by atoms with van der Waals surface area (Å²) in [6.07, 6.45) is 1.54. The third kappa shape index (κ3) is 2.85. The first-order valence-corrected chi connectivity index (χ1v) is 6.08. The highest BCUT2D eigenvalue weighted by Crippen LogP contribution is 2.29. The van der Waals surface area contributed by atoms with Gasteiger partial charge in [-0.15, -0.1) is 0 Å². The van der Waals surface area contributed by atoms with E-state index in [0.717, 1.165) is 0 Å². The van der Waals surface area contributed by atoms with Gasteiger partial charge in [0.1, 0.15) is 11.4 Å². The molecule has 1 heterocycles. The predicted molar refractivity (Wildman–Crippen MR) is 73.8 cm³/mol. The molecule has 6 heteroatoms. The van der Waals surface area contributed by atoms with Crippen molar-refractivity contribution in [1.82, 2.24) is 0 Å². The average Bonchev–Trinajstić information content (AvgIpc) is 2.92. The molecule has 104 valence electrons. The van der Waals surface area contributed by atoms with E-state index in [1.165, 1.54) is 19.1 Å². The maximum absolute atomic E-state index is 11.3. The number of nitro benzene ring substituents is 1. The topological polar surface area (TPSA) is 85.4 Å². The van der Waals surface area contributed by atoms with E-state index in [2.05, 4.69) is 5.32 Å². The molecule has 6 nitrogen and oxygen atoms in total. The third-order valence-electron chi connectivity index (χ3n) is 2.94. The summed E-state index contributed by atoms with van der Waals surface area (Å²) in [7, 11) is 0. The zero-order valence-electron chi connectivity index (χ0n) is 11.1. The van der Waals surface area contributed by atoms with Gasteiger partial charge in [0, 0.05) is 11.6 Å². The summed E-state index contributed by atoms with van der Waals surface area (Å²) in [6.45, 7) is 3.21. The summed E-state index contributed by atoms with van der Waals surface area (Å²) >= 11 is 0. The number of ketones is 1. The fraction of sp³-hybridized carbons (Fsp3) is 0.214. The number of rotatable bonds is 5. The third-order valence-corrected chi connectivity index (χ3v) is 2.94. The van der Waals surface area contributed by atoms with E-state index in [1.807, 2.05) is 6.92 Å². The standard InChI is InChI=1S/C14H14N2O4/c1-9(14-4-3-7-20-14)15-12-6-5-11(10(2)17)8-13(12)16(18)19/h3-9,15H,1-2H3/t9-/m0/s1. The van der Waals surface area contributed by atoms with Gasteiger partial charge in [0.05, 0.1) is 17.2 Å². The summed E-state index contributed by atoms with van der Waals surface area (Å²) in [5.74, 6) is 0.466. The van der Waals surface area contributed by atoms with Crippen LogP contribution in [0.5, 0.6) is 0 Å². The Morgan fingerprint density at radius 1 is 1.40 bits per heavy atom. The van der Waals surface area contributed by atoms with Gasteiger partial charge in [-0.2, -0.15) is 0 Å². The quantitative estimate of drug-likeness (QED) is 0.511. The molecule has 0 spiro atoms. The van der Waals surface area contributed by atoms with Crippen LogP contribution in [0.15, 0.2) is 41.0 Å². The second kappa shape index (κ2) is 5.56. The minimum atomic E-state index is -0.510. The summed E-state index contributed by atoms with van der Waals surface area (Å²) < 4.78 is 5.24. The van der Waals surface area contributed by atoms with Crippen molar-refractivity contribution in [2.75, 3.05) is 5.32 Å². The number of hydrogen-bond acceptors (Lipinski definition) is 5. The van der Waals surface area contributed by atoms with Crippen LogP contribution < -0.4 is 5.32 Å².